The van der Waals surface area contributed by atoms with Gasteiger partial charge in [-0.05, 0) is 88.3 Å². The molecule has 0 saturated carbocycles. The molecule has 5 heterocycles. The van der Waals surface area contributed by atoms with Gasteiger partial charge in [0.25, 0.3) is 5.56 Å². The maximum absolute atomic E-state index is 14.2. The number of nitrogens with zero attached hydrogens (tertiary/aromatic N) is 6. The zero-order chi connectivity index (χ0) is 29.2. The fraction of sp³-hybridized carbons (Fsp3) is 0.333. The lowest BCUT2D eigenvalue weighted by Crippen LogP contribution is -2.38. The van der Waals surface area contributed by atoms with Crippen LogP contribution < -0.4 is 20.9 Å². The van der Waals surface area contributed by atoms with Gasteiger partial charge in [-0.15, -0.1) is 0 Å². The van der Waals surface area contributed by atoms with Crippen LogP contribution in [0, 0.1) is 0 Å². The number of anilines is 2. The number of benzene rings is 2. The van der Waals surface area contributed by atoms with E-state index in [1.54, 1.807) is 17.0 Å². The second-order valence-corrected chi connectivity index (χ2v) is 11.5. The molecule has 7 rings (SSSR count). The summed E-state index contributed by atoms with van der Waals surface area (Å²) in [6, 6.07) is 19.6. The highest BCUT2D eigenvalue weighted by atomic mass is 16.5. The Kier molecular flexibility index (Phi) is 7.61. The highest BCUT2D eigenvalue weighted by Crippen LogP contribution is 2.27. The van der Waals surface area contributed by atoms with Crippen LogP contribution in [0.4, 0.5) is 11.6 Å². The van der Waals surface area contributed by atoms with Gasteiger partial charge < -0.3 is 24.8 Å². The van der Waals surface area contributed by atoms with Gasteiger partial charge in [0, 0.05) is 48.8 Å². The Morgan fingerprint density at radius 3 is 2.67 bits per heavy atom. The van der Waals surface area contributed by atoms with Crippen molar-refractivity contribution in [3.8, 4) is 22.8 Å². The van der Waals surface area contributed by atoms with Gasteiger partial charge in [-0.2, -0.15) is 4.98 Å². The minimum Gasteiger partial charge on any atom is -0.489 e. The van der Waals surface area contributed by atoms with Gasteiger partial charge in [0.05, 0.1) is 11.3 Å². The molecule has 3 aromatic heterocycles. The van der Waals surface area contributed by atoms with E-state index in [1.165, 1.54) is 0 Å². The van der Waals surface area contributed by atoms with E-state index in [9.17, 15) is 4.79 Å². The number of likely N-dealkylation sites (tertiary alicyclic amines) is 1. The van der Waals surface area contributed by atoms with Crippen molar-refractivity contribution in [1.82, 2.24) is 34.3 Å². The third-order valence-electron chi connectivity index (χ3n) is 8.32. The van der Waals surface area contributed by atoms with E-state index in [0.29, 0.717) is 23.0 Å². The van der Waals surface area contributed by atoms with E-state index in [1.807, 2.05) is 66.9 Å². The highest BCUT2D eigenvalue weighted by molar-refractivity contribution is 5.82. The van der Waals surface area contributed by atoms with Crippen LogP contribution in [0.1, 0.15) is 31.7 Å². The summed E-state index contributed by atoms with van der Waals surface area (Å²) in [4.78, 5) is 30.6. The number of fused-ring (bicyclic) bond motifs is 1. The summed E-state index contributed by atoms with van der Waals surface area (Å²) >= 11 is 0. The van der Waals surface area contributed by atoms with Crippen molar-refractivity contribution in [1.29, 1.82) is 0 Å². The lowest BCUT2D eigenvalue weighted by molar-refractivity contribution is 0.104. The van der Waals surface area contributed by atoms with Crippen molar-refractivity contribution in [3.63, 3.8) is 0 Å². The van der Waals surface area contributed by atoms with Crippen LogP contribution in [0.3, 0.4) is 0 Å². The van der Waals surface area contributed by atoms with Crippen LogP contribution in [-0.4, -0.2) is 68.3 Å². The average Bonchev–Trinajstić information content (AvgIpc) is 3.53. The lowest BCUT2D eigenvalue weighted by Gasteiger charge is -2.30. The first-order chi connectivity index (χ1) is 21.1. The van der Waals surface area contributed by atoms with E-state index in [2.05, 4.69) is 37.1 Å². The molecular weight excluding hydrogens is 540 g/mol. The first kappa shape index (κ1) is 27.3. The Balaban J connectivity index is 1.22. The van der Waals surface area contributed by atoms with Crippen molar-refractivity contribution in [2.24, 2.45) is 0 Å². The van der Waals surface area contributed by atoms with Crippen LogP contribution in [0.25, 0.3) is 28.1 Å². The molecule has 2 unspecified atom stereocenters. The first-order valence-corrected chi connectivity index (χ1v) is 15.1. The number of para-hydroxylation sites is 1. The van der Waals surface area contributed by atoms with Gasteiger partial charge in [0.15, 0.2) is 5.65 Å². The number of aromatic nitrogens is 5. The van der Waals surface area contributed by atoms with Crippen molar-refractivity contribution >= 4 is 22.7 Å². The smallest absolute Gasteiger partial charge is 0.267 e. The molecule has 2 N–H and O–H groups in total. The Morgan fingerprint density at radius 2 is 1.88 bits per heavy atom. The van der Waals surface area contributed by atoms with Gasteiger partial charge in [0.1, 0.15) is 17.7 Å². The summed E-state index contributed by atoms with van der Waals surface area (Å²) in [5.41, 5.74) is 2.44. The van der Waals surface area contributed by atoms with Crippen LogP contribution in [-0.2, 0) is 0 Å². The minimum absolute atomic E-state index is 0.172. The number of piperidine rings is 2. The van der Waals surface area contributed by atoms with Crippen LogP contribution >= 0.6 is 0 Å². The van der Waals surface area contributed by atoms with E-state index >= 15 is 0 Å². The second kappa shape index (κ2) is 12.0. The molecule has 0 spiro atoms. The van der Waals surface area contributed by atoms with E-state index in [0.717, 1.165) is 74.4 Å². The summed E-state index contributed by atoms with van der Waals surface area (Å²) < 4.78 is 9.99. The maximum Gasteiger partial charge on any atom is 0.267 e. The molecule has 10 nitrogen and oxygen atoms in total. The summed E-state index contributed by atoms with van der Waals surface area (Å²) in [6.45, 7) is 3.93. The fourth-order valence-electron chi connectivity index (χ4n) is 6.17. The second-order valence-electron chi connectivity index (χ2n) is 11.5. The summed E-state index contributed by atoms with van der Waals surface area (Å²) in [6.07, 6.45) is 10.1. The standard InChI is InChI=1S/C33H36N8O2/c1-39-17-6-10-28(22-39)43-27-13-11-24(12-14-27)37-33-36-20-23-19-29(31-35-16-18-40(31)26-9-5-15-34-21-26)32(42)41(30(23)38-33)25-7-3-2-4-8-25/h2-4,7-8,11-14,16,18-20,26,28,34H,5-6,9-10,15,17,21-22H2,1H3,(H,36,37,38). The molecule has 2 fully saturated rings. The number of ether oxygens (including phenoxy) is 1. The van der Waals surface area contributed by atoms with Crippen molar-refractivity contribution in [3.05, 3.63) is 89.6 Å². The highest BCUT2D eigenvalue weighted by Gasteiger charge is 2.23. The van der Waals surface area contributed by atoms with Crippen LogP contribution in [0.15, 0.2) is 84.0 Å². The van der Waals surface area contributed by atoms with Crippen molar-refractivity contribution in [2.75, 3.05) is 38.5 Å². The van der Waals surface area contributed by atoms with Gasteiger partial charge in [-0.25, -0.2) is 9.97 Å². The van der Waals surface area contributed by atoms with Gasteiger partial charge in [0.2, 0.25) is 5.95 Å². The normalized spacial score (nSPS) is 19.4. The molecular formula is C33H36N8O2. The number of hydrogen-bond acceptors (Lipinski definition) is 8. The molecule has 5 aromatic rings. The van der Waals surface area contributed by atoms with Crippen molar-refractivity contribution < 1.29 is 4.74 Å². The first-order valence-electron chi connectivity index (χ1n) is 15.1. The molecule has 2 aliphatic rings. The quantitative estimate of drug-likeness (QED) is 0.285. The van der Waals surface area contributed by atoms with Crippen LogP contribution in [0.5, 0.6) is 5.75 Å². The summed E-state index contributed by atoms with van der Waals surface area (Å²) in [7, 11) is 2.13. The number of rotatable bonds is 7. The third kappa shape index (κ3) is 5.76. The number of nitrogens with one attached hydrogen (secondary N) is 2. The molecule has 0 bridgehead atoms. The SMILES string of the molecule is CN1CCCC(Oc2ccc(Nc3ncc4cc(-c5nccn5C5CCCNC5)c(=O)n(-c5ccccc5)c4n3)cc2)C1. The predicted octanol–water partition coefficient (Wildman–Crippen LogP) is 4.79. The molecule has 2 aliphatic heterocycles. The van der Waals surface area contributed by atoms with E-state index < -0.39 is 0 Å². The maximum atomic E-state index is 14.2. The molecule has 2 saturated heterocycles. The molecule has 2 aromatic carbocycles. The van der Waals surface area contributed by atoms with Gasteiger partial charge >= 0.3 is 0 Å². The fourth-order valence-corrected chi connectivity index (χ4v) is 6.17. The van der Waals surface area contributed by atoms with Crippen LogP contribution in [0.2, 0.25) is 0 Å². The molecule has 220 valence electrons. The Hall–Kier alpha value is -4.54. The molecule has 43 heavy (non-hydrogen) atoms. The number of pyridine rings is 1. The minimum atomic E-state index is -0.172. The largest absolute Gasteiger partial charge is 0.489 e. The third-order valence-corrected chi connectivity index (χ3v) is 8.32. The molecule has 0 radical (unpaired) electrons. The average molecular weight is 577 g/mol. The van der Waals surface area contributed by atoms with E-state index in [4.69, 9.17) is 9.72 Å². The molecule has 0 amide bonds. The zero-order valence-corrected chi connectivity index (χ0v) is 24.3. The summed E-state index contributed by atoms with van der Waals surface area (Å²) in [5.74, 6) is 1.91. The number of imidazole rings is 1. The topological polar surface area (TPSA) is 102 Å². The van der Waals surface area contributed by atoms with Gasteiger partial charge in [-0.3, -0.25) is 9.36 Å². The molecule has 0 aliphatic carbocycles. The Labute approximate surface area is 250 Å². The molecule has 2 atom stereocenters. The summed E-state index contributed by atoms with van der Waals surface area (Å²) in [5, 5.41) is 7.52. The number of hydrogen-bond donors (Lipinski definition) is 2. The van der Waals surface area contributed by atoms with Gasteiger partial charge in [-0.1, -0.05) is 18.2 Å². The zero-order valence-electron chi connectivity index (χ0n) is 24.3. The Morgan fingerprint density at radius 1 is 1.02 bits per heavy atom. The predicted molar refractivity (Wildman–Crippen MR) is 168 cm³/mol. The van der Waals surface area contributed by atoms with E-state index in [-0.39, 0.29) is 17.7 Å². The monoisotopic (exact) mass is 576 g/mol. The lowest BCUT2D eigenvalue weighted by atomic mass is 10.1. The van der Waals surface area contributed by atoms with Crippen molar-refractivity contribution in [2.45, 2.75) is 37.8 Å². The number of likely N-dealkylation sites (N-methyl/N-ethyl adjacent to an activating group) is 1. The molecule has 10 heteroatoms. The Bertz CT molecular complexity index is 1760.